The van der Waals surface area contributed by atoms with E-state index in [2.05, 4.69) is 4.98 Å². The van der Waals surface area contributed by atoms with Crippen molar-refractivity contribution in [2.45, 2.75) is 4.90 Å². The zero-order valence-electron chi connectivity index (χ0n) is 12.6. The first-order chi connectivity index (χ1) is 11.8. The summed E-state index contributed by atoms with van der Waals surface area (Å²) in [5.74, 6) is -0.927. The maximum Gasteiger partial charge on any atom is 0.240 e. The quantitative estimate of drug-likeness (QED) is 0.707. The molecule has 2 N–H and O–H groups in total. The molecule has 0 unspecified atom stereocenters. The Morgan fingerprint density at radius 3 is 2.32 bits per heavy atom. The lowest BCUT2D eigenvalue weighted by molar-refractivity contribution is 0.568. The molecule has 2 aromatic carbocycles. The first-order valence-corrected chi connectivity index (χ1v) is 9.31. The van der Waals surface area contributed by atoms with E-state index in [-0.39, 0.29) is 0 Å². The molecule has 0 radical (unpaired) electrons. The van der Waals surface area contributed by atoms with Crippen molar-refractivity contribution >= 4 is 33.2 Å². The molecule has 1 aromatic heterocycles. The van der Waals surface area contributed by atoms with Crippen molar-refractivity contribution in [3.63, 3.8) is 0 Å². The number of primary sulfonamides is 1. The third-order valence-electron chi connectivity index (χ3n) is 3.55. The lowest BCUT2D eigenvalue weighted by Crippen LogP contribution is -2.13. The van der Waals surface area contributed by atoms with Crippen molar-refractivity contribution in [3.05, 3.63) is 70.6 Å². The fraction of sp³-hybridized carbons (Fsp3) is 0. The SMILES string of the molecule is NS(=O)(=O)c1ccc(-c2cccnc2-c2ccc(Cl)c(Cl)c2)cc1F. The van der Waals surface area contributed by atoms with Crippen molar-refractivity contribution in [1.29, 1.82) is 0 Å². The van der Waals surface area contributed by atoms with Gasteiger partial charge in [-0.15, -0.1) is 0 Å². The minimum Gasteiger partial charge on any atom is -0.256 e. The van der Waals surface area contributed by atoms with Crippen molar-refractivity contribution in [3.8, 4) is 22.4 Å². The van der Waals surface area contributed by atoms with Gasteiger partial charge in [-0.05, 0) is 35.9 Å². The third-order valence-corrected chi connectivity index (χ3v) is 5.23. The number of nitrogens with zero attached hydrogens (tertiary/aromatic N) is 1. The maximum absolute atomic E-state index is 14.2. The Morgan fingerprint density at radius 2 is 1.68 bits per heavy atom. The van der Waals surface area contributed by atoms with Crippen LogP contribution >= 0.6 is 23.2 Å². The van der Waals surface area contributed by atoms with E-state index in [4.69, 9.17) is 28.3 Å². The minimum absolute atomic E-state index is 0.367. The smallest absolute Gasteiger partial charge is 0.240 e. The average molecular weight is 397 g/mol. The number of hydrogen-bond acceptors (Lipinski definition) is 3. The normalized spacial score (nSPS) is 11.5. The second kappa shape index (κ2) is 6.72. The first kappa shape index (κ1) is 17.8. The lowest BCUT2D eigenvalue weighted by Gasteiger charge is -2.11. The second-order valence-corrected chi connectivity index (χ2v) is 7.56. The van der Waals surface area contributed by atoms with E-state index in [9.17, 15) is 12.8 Å². The largest absolute Gasteiger partial charge is 0.256 e. The van der Waals surface area contributed by atoms with E-state index in [1.807, 2.05) is 0 Å². The molecule has 0 saturated carbocycles. The number of rotatable bonds is 3. The van der Waals surface area contributed by atoms with Crippen LogP contribution in [0.1, 0.15) is 0 Å². The van der Waals surface area contributed by atoms with Gasteiger partial charge in [0.05, 0.1) is 15.7 Å². The molecule has 0 amide bonds. The lowest BCUT2D eigenvalue weighted by atomic mass is 9.99. The van der Waals surface area contributed by atoms with Gasteiger partial charge in [-0.1, -0.05) is 41.4 Å². The van der Waals surface area contributed by atoms with E-state index >= 15 is 0 Å². The van der Waals surface area contributed by atoms with E-state index in [1.165, 1.54) is 6.07 Å². The summed E-state index contributed by atoms with van der Waals surface area (Å²) in [6.45, 7) is 0. The van der Waals surface area contributed by atoms with Crippen molar-refractivity contribution in [2.24, 2.45) is 5.14 Å². The summed E-state index contributed by atoms with van der Waals surface area (Å²) in [6, 6.07) is 12.2. The van der Waals surface area contributed by atoms with E-state index in [0.29, 0.717) is 32.4 Å². The molecule has 0 aliphatic rings. The number of pyridine rings is 1. The molecule has 4 nitrogen and oxygen atoms in total. The molecule has 25 heavy (non-hydrogen) atoms. The van der Waals surface area contributed by atoms with Crippen LogP contribution in [-0.2, 0) is 10.0 Å². The van der Waals surface area contributed by atoms with Crippen LogP contribution in [0.5, 0.6) is 0 Å². The summed E-state index contributed by atoms with van der Waals surface area (Å²) in [4.78, 5) is 3.77. The average Bonchev–Trinajstić information content (AvgIpc) is 2.56. The maximum atomic E-state index is 14.2. The monoisotopic (exact) mass is 396 g/mol. The van der Waals surface area contributed by atoms with E-state index < -0.39 is 20.7 Å². The van der Waals surface area contributed by atoms with Gasteiger partial charge >= 0.3 is 0 Å². The Kier molecular flexibility index (Phi) is 4.79. The standard InChI is InChI=1S/C17H11Cl2FN2O2S/c18-13-5-3-11(8-14(13)19)17-12(2-1-7-22-17)10-4-6-16(15(20)9-10)25(21,23)24/h1-9H,(H2,21,23,24). The van der Waals surface area contributed by atoms with Crippen LogP contribution in [0.3, 0.4) is 0 Å². The highest BCUT2D eigenvalue weighted by Crippen LogP contribution is 2.34. The highest BCUT2D eigenvalue weighted by atomic mass is 35.5. The van der Waals surface area contributed by atoms with Gasteiger partial charge in [0.25, 0.3) is 0 Å². The van der Waals surface area contributed by atoms with Crippen LogP contribution in [0, 0.1) is 5.82 Å². The minimum atomic E-state index is -4.13. The zero-order chi connectivity index (χ0) is 18.2. The van der Waals surface area contributed by atoms with Crippen LogP contribution in [0.2, 0.25) is 10.0 Å². The van der Waals surface area contributed by atoms with Gasteiger partial charge in [0, 0.05) is 17.3 Å². The number of sulfonamides is 1. The van der Waals surface area contributed by atoms with Gasteiger partial charge < -0.3 is 0 Å². The van der Waals surface area contributed by atoms with Gasteiger partial charge in [-0.2, -0.15) is 0 Å². The Labute approximate surface area is 154 Å². The first-order valence-electron chi connectivity index (χ1n) is 7.00. The molecule has 0 saturated heterocycles. The Balaban J connectivity index is 2.16. The predicted octanol–water partition coefficient (Wildman–Crippen LogP) is 4.51. The highest BCUT2D eigenvalue weighted by Gasteiger charge is 2.17. The Bertz CT molecular complexity index is 1070. The molecule has 3 aromatic rings. The molecule has 0 spiro atoms. The fourth-order valence-electron chi connectivity index (χ4n) is 2.41. The Morgan fingerprint density at radius 1 is 0.960 bits per heavy atom. The van der Waals surface area contributed by atoms with Gasteiger partial charge in [0.1, 0.15) is 10.7 Å². The second-order valence-electron chi connectivity index (χ2n) is 5.22. The molecular formula is C17H11Cl2FN2O2S. The van der Waals surface area contributed by atoms with Crippen LogP contribution in [-0.4, -0.2) is 13.4 Å². The molecule has 0 atom stereocenters. The molecule has 0 aliphatic carbocycles. The van der Waals surface area contributed by atoms with E-state index in [1.54, 1.807) is 36.5 Å². The topological polar surface area (TPSA) is 73.1 Å². The molecular weight excluding hydrogens is 386 g/mol. The molecule has 3 rings (SSSR count). The van der Waals surface area contributed by atoms with E-state index in [0.717, 1.165) is 12.1 Å². The van der Waals surface area contributed by atoms with Crippen molar-refractivity contribution in [1.82, 2.24) is 4.98 Å². The number of hydrogen-bond donors (Lipinski definition) is 1. The predicted molar refractivity (Wildman–Crippen MR) is 96.5 cm³/mol. The van der Waals surface area contributed by atoms with Crippen LogP contribution in [0.25, 0.3) is 22.4 Å². The molecule has 0 fully saturated rings. The summed E-state index contributed by atoms with van der Waals surface area (Å²) in [6.07, 6.45) is 1.59. The fourth-order valence-corrected chi connectivity index (χ4v) is 3.30. The summed E-state index contributed by atoms with van der Waals surface area (Å²) >= 11 is 12.0. The number of halogens is 3. The number of nitrogens with two attached hydrogens (primary N) is 1. The van der Waals surface area contributed by atoms with Crippen LogP contribution < -0.4 is 5.14 Å². The van der Waals surface area contributed by atoms with Gasteiger partial charge in [0.15, 0.2) is 0 Å². The molecule has 8 heteroatoms. The van der Waals surface area contributed by atoms with Crippen molar-refractivity contribution < 1.29 is 12.8 Å². The molecule has 0 aliphatic heterocycles. The van der Waals surface area contributed by atoms with Crippen molar-refractivity contribution in [2.75, 3.05) is 0 Å². The molecule has 0 bridgehead atoms. The summed E-state index contributed by atoms with van der Waals surface area (Å²) in [5.41, 5.74) is 2.32. The van der Waals surface area contributed by atoms with Crippen LogP contribution in [0.4, 0.5) is 4.39 Å². The zero-order valence-corrected chi connectivity index (χ0v) is 14.9. The van der Waals surface area contributed by atoms with Gasteiger partial charge in [-0.3, -0.25) is 4.98 Å². The molecule has 128 valence electrons. The Hall–Kier alpha value is -1.99. The number of aromatic nitrogens is 1. The summed E-state index contributed by atoms with van der Waals surface area (Å²) in [5, 5.41) is 5.77. The highest BCUT2D eigenvalue weighted by molar-refractivity contribution is 7.89. The summed E-state index contributed by atoms with van der Waals surface area (Å²) < 4.78 is 36.9. The van der Waals surface area contributed by atoms with Crippen LogP contribution in [0.15, 0.2) is 59.6 Å². The third kappa shape index (κ3) is 3.67. The van der Waals surface area contributed by atoms with Gasteiger partial charge in [-0.25, -0.2) is 17.9 Å². The van der Waals surface area contributed by atoms with Gasteiger partial charge in [0.2, 0.25) is 10.0 Å². The molecule has 1 heterocycles. The summed E-state index contributed by atoms with van der Waals surface area (Å²) in [7, 11) is -4.13. The number of benzene rings is 2.